The Morgan fingerprint density at radius 2 is 1.12 bits per heavy atom. The van der Waals surface area contributed by atoms with Gasteiger partial charge in [-0.15, -0.1) is 0 Å². The van der Waals surface area contributed by atoms with Crippen molar-refractivity contribution in [2.24, 2.45) is 9.98 Å². The molecular formula is C21H16Br2N2O. The van der Waals surface area contributed by atoms with Gasteiger partial charge in [0.25, 0.3) is 0 Å². The first-order valence-corrected chi connectivity index (χ1v) is 9.53. The predicted molar refractivity (Wildman–Crippen MR) is 116 cm³/mol. The predicted octanol–water partition coefficient (Wildman–Crippen LogP) is 6.73. The number of hydrogen-bond acceptors (Lipinski definition) is 3. The van der Waals surface area contributed by atoms with Gasteiger partial charge >= 0.3 is 0 Å². The Balaban J connectivity index is 1.88. The summed E-state index contributed by atoms with van der Waals surface area (Å²) in [5.41, 5.74) is 3.98. The van der Waals surface area contributed by atoms with E-state index >= 15 is 0 Å². The summed E-state index contributed by atoms with van der Waals surface area (Å²) in [6.07, 6.45) is 3.34. The van der Waals surface area contributed by atoms with E-state index in [1.807, 2.05) is 67.6 Å². The van der Waals surface area contributed by atoms with Gasteiger partial charge in [-0.1, -0.05) is 31.9 Å². The SMILES string of the molecule is Cc1cc(C=Nc2ccc(Br)cc2)c(O)c(C=Nc2ccc(Br)cc2)c1. The third kappa shape index (κ3) is 4.90. The molecule has 3 aromatic rings. The van der Waals surface area contributed by atoms with Crippen molar-refractivity contribution in [1.82, 2.24) is 0 Å². The summed E-state index contributed by atoms with van der Waals surface area (Å²) in [5, 5.41) is 10.6. The van der Waals surface area contributed by atoms with Crippen LogP contribution in [-0.2, 0) is 0 Å². The van der Waals surface area contributed by atoms with Crippen LogP contribution in [0.3, 0.4) is 0 Å². The lowest BCUT2D eigenvalue weighted by molar-refractivity contribution is 0.473. The molecule has 0 unspecified atom stereocenters. The zero-order valence-corrected chi connectivity index (χ0v) is 17.2. The Bertz CT molecular complexity index is 886. The van der Waals surface area contributed by atoms with Crippen molar-refractivity contribution in [3.8, 4) is 5.75 Å². The quantitative estimate of drug-likeness (QED) is 0.421. The van der Waals surface area contributed by atoms with E-state index in [2.05, 4.69) is 41.8 Å². The lowest BCUT2D eigenvalue weighted by Gasteiger charge is -2.05. The average molecular weight is 472 g/mol. The highest BCUT2D eigenvalue weighted by atomic mass is 79.9. The van der Waals surface area contributed by atoms with Gasteiger partial charge in [0.1, 0.15) is 5.75 Å². The van der Waals surface area contributed by atoms with Gasteiger partial charge in [0.2, 0.25) is 0 Å². The molecule has 0 saturated carbocycles. The molecule has 0 amide bonds. The third-order valence-corrected chi connectivity index (χ3v) is 4.73. The van der Waals surface area contributed by atoms with Crippen LogP contribution >= 0.6 is 31.9 Å². The molecule has 3 rings (SSSR count). The van der Waals surface area contributed by atoms with Gasteiger partial charge in [0.15, 0.2) is 0 Å². The normalized spacial score (nSPS) is 11.5. The maximum Gasteiger partial charge on any atom is 0.133 e. The van der Waals surface area contributed by atoms with E-state index in [-0.39, 0.29) is 5.75 Å². The molecule has 0 aromatic heterocycles. The number of nitrogens with zero attached hydrogens (tertiary/aromatic N) is 2. The van der Waals surface area contributed by atoms with E-state index in [0.717, 1.165) is 25.9 Å². The van der Waals surface area contributed by atoms with E-state index in [1.54, 1.807) is 12.4 Å². The van der Waals surface area contributed by atoms with Gasteiger partial charge in [-0.05, 0) is 73.2 Å². The average Bonchev–Trinajstić information content (AvgIpc) is 2.63. The van der Waals surface area contributed by atoms with E-state index < -0.39 is 0 Å². The fourth-order valence-corrected chi connectivity index (χ4v) is 2.90. The van der Waals surface area contributed by atoms with Crippen LogP contribution in [0, 0.1) is 6.92 Å². The molecule has 0 aliphatic carbocycles. The monoisotopic (exact) mass is 470 g/mol. The number of halogens is 2. The zero-order chi connectivity index (χ0) is 18.5. The van der Waals surface area contributed by atoms with Crippen LogP contribution in [0.1, 0.15) is 16.7 Å². The molecule has 0 heterocycles. The lowest BCUT2D eigenvalue weighted by atomic mass is 10.1. The van der Waals surface area contributed by atoms with Gasteiger partial charge in [0, 0.05) is 32.5 Å². The number of aryl methyl sites for hydroxylation is 1. The van der Waals surface area contributed by atoms with Crippen LogP contribution < -0.4 is 0 Å². The third-order valence-electron chi connectivity index (χ3n) is 3.67. The number of phenolic OH excluding ortho intramolecular Hbond substituents is 1. The molecule has 0 spiro atoms. The molecule has 0 fully saturated rings. The summed E-state index contributed by atoms with van der Waals surface area (Å²) < 4.78 is 2.00. The Hall–Kier alpha value is -2.24. The van der Waals surface area contributed by atoms with Gasteiger partial charge in [-0.25, -0.2) is 0 Å². The molecule has 3 aromatic carbocycles. The van der Waals surface area contributed by atoms with Gasteiger partial charge < -0.3 is 5.11 Å². The number of hydrogen-bond donors (Lipinski definition) is 1. The summed E-state index contributed by atoms with van der Waals surface area (Å²) in [7, 11) is 0. The van der Waals surface area contributed by atoms with Crippen LogP contribution in [0.25, 0.3) is 0 Å². The van der Waals surface area contributed by atoms with Crippen LogP contribution in [0.2, 0.25) is 0 Å². The highest BCUT2D eigenvalue weighted by molar-refractivity contribution is 9.10. The van der Waals surface area contributed by atoms with Gasteiger partial charge in [-0.3, -0.25) is 9.98 Å². The molecule has 5 heteroatoms. The summed E-state index contributed by atoms with van der Waals surface area (Å²) in [6, 6.07) is 19.1. The van der Waals surface area contributed by atoms with E-state index in [1.165, 1.54) is 0 Å². The largest absolute Gasteiger partial charge is 0.507 e. The minimum Gasteiger partial charge on any atom is -0.507 e. The summed E-state index contributed by atoms with van der Waals surface area (Å²) in [4.78, 5) is 8.87. The van der Waals surface area contributed by atoms with Crippen molar-refractivity contribution in [1.29, 1.82) is 0 Å². The molecule has 0 atom stereocenters. The maximum absolute atomic E-state index is 10.6. The smallest absolute Gasteiger partial charge is 0.133 e. The minimum absolute atomic E-state index is 0.164. The first-order valence-electron chi connectivity index (χ1n) is 7.94. The molecule has 0 saturated heterocycles. The maximum atomic E-state index is 10.6. The Morgan fingerprint density at radius 3 is 1.50 bits per heavy atom. The molecule has 3 nitrogen and oxygen atoms in total. The first-order chi connectivity index (χ1) is 12.5. The Labute approximate surface area is 169 Å². The van der Waals surface area contributed by atoms with Crippen molar-refractivity contribution >= 4 is 55.7 Å². The van der Waals surface area contributed by atoms with Crippen LogP contribution in [0.5, 0.6) is 5.75 Å². The molecule has 26 heavy (non-hydrogen) atoms. The summed E-state index contributed by atoms with van der Waals surface area (Å²) in [6.45, 7) is 1.98. The molecule has 0 aliphatic heterocycles. The summed E-state index contributed by atoms with van der Waals surface area (Å²) >= 11 is 6.81. The Morgan fingerprint density at radius 1 is 0.731 bits per heavy atom. The molecule has 0 aliphatic rings. The van der Waals surface area contributed by atoms with E-state index in [0.29, 0.717) is 11.1 Å². The van der Waals surface area contributed by atoms with Crippen molar-refractivity contribution in [2.45, 2.75) is 6.92 Å². The first kappa shape index (κ1) is 18.5. The second-order valence-electron chi connectivity index (χ2n) is 5.76. The molecule has 0 bridgehead atoms. The molecular weight excluding hydrogens is 456 g/mol. The number of benzene rings is 3. The lowest BCUT2D eigenvalue weighted by Crippen LogP contribution is -1.91. The molecule has 1 N–H and O–H groups in total. The second-order valence-corrected chi connectivity index (χ2v) is 7.59. The fraction of sp³-hybridized carbons (Fsp3) is 0.0476. The topological polar surface area (TPSA) is 45.0 Å². The number of aromatic hydroxyl groups is 1. The highest BCUT2D eigenvalue weighted by Gasteiger charge is 2.06. The van der Waals surface area contributed by atoms with Gasteiger partial charge in [0.05, 0.1) is 11.4 Å². The van der Waals surface area contributed by atoms with Crippen molar-refractivity contribution < 1.29 is 5.11 Å². The van der Waals surface area contributed by atoms with Crippen molar-refractivity contribution in [2.75, 3.05) is 0 Å². The van der Waals surface area contributed by atoms with E-state index in [4.69, 9.17) is 0 Å². The van der Waals surface area contributed by atoms with Crippen LogP contribution in [-0.4, -0.2) is 17.5 Å². The van der Waals surface area contributed by atoms with Gasteiger partial charge in [-0.2, -0.15) is 0 Å². The zero-order valence-electron chi connectivity index (χ0n) is 14.0. The Kier molecular flexibility index (Phi) is 6.01. The number of phenols is 1. The number of rotatable bonds is 4. The molecule has 130 valence electrons. The van der Waals surface area contributed by atoms with E-state index in [9.17, 15) is 5.11 Å². The standard InChI is InChI=1S/C21H16Br2N2O/c1-14-10-15(12-24-19-6-2-17(22)3-7-19)21(26)16(11-14)13-25-20-8-4-18(23)5-9-20/h2-13,26H,1H3. The summed E-state index contributed by atoms with van der Waals surface area (Å²) in [5.74, 6) is 0.164. The fourth-order valence-electron chi connectivity index (χ4n) is 2.37. The van der Waals surface area contributed by atoms with Crippen LogP contribution in [0.4, 0.5) is 11.4 Å². The number of aliphatic imine (C=N–C) groups is 2. The molecule has 0 radical (unpaired) electrons. The highest BCUT2D eigenvalue weighted by Crippen LogP contribution is 2.24. The van der Waals surface area contributed by atoms with Crippen molar-refractivity contribution in [3.05, 3.63) is 86.3 Å². The second kappa shape index (κ2) is 8.43. The van der Waals surface area contributed by atoms with Crippen molar-refractivity contribution in [3.63, 3.8) is 0 Å². The minimum atomic E-state index is 0.164. The van der Waals surface area contributed by atoms with Crippen LogP contribution in [0.15, 0.2) is 79.6 Å².